The standard InChI is InChI=1S/C20H32N2O3.ClH/c1-16(2)15-25-18-6-4-17(5-7-18)14-20(23)22-11-8-19(9-12-22)24-13-3-10-21;/h4-7,16,19H,3,8-15,21H2,1-2H3;1H. The Morgan fingerprint density at radius 3 is 2.46 bits per heavy atom. The molecule has 2 rings (SSSR count). The zero-order valence-electron chi connectivity index (χ0n) is 16.0. The summed E-state index contributed by atoms with van der Waals surface area (Å²) in [6.07, 6.45) is 3.45. The fourth-order valence-electron chi connectivity index (χ4n) is 2.86. The first-order chi connectivity index (χ1) is 12.1. The summed E-state index contributed by atoms with van der Waals surface area (Å²) in [6, 6.07) is 7.86. The van der Waals surface area contributed by atoms with E-state index in [2.05, 4.69) is 13.8 Å². The Balaban J connectivity index is 0.00000338. The van der Waals surface area contributed by atoms with Crippen molar-refractivity contribution in [3.05, 3.63) is 29.8 Å². The molecule has 1 aromatic carbocycles. The van der Waals surface area contributed by atoms with Crippen LogP contribution in [0.2, 0.25) is 0 Å². The highest BCUT2D eigenvalue weighted by atomic mass is 35.5. The van der Waals surface area contributed by atoms with E-state index < -0.39 is 0 Å². The molecule has 1 heterocycles. The Hall–Kier alpha value is -1.30. The Bertz CT molecular complexity index is 514. The molecule has 148 valence electrons. The summed E-state index contributed by atoms with van der Waals surface area (Å²) in [5.74, 6) is 1.56. The summed E-state index contributed by atoms with van der Waals surface area (Å²) in [4.78, 5) is 14.4. The number of nitrogens with two attached hydrogens (primary N) is 1. The number of rotatable bonds is 9. The molecule has 0 aliphatic carbocycles. The van der Waals surface area contributed by atoms with Crippen LogP contribution in [-0.4, -0.2) is 49.8 Å². The number of carbonyl (C=O) groups is 1. The summed E-state index contributed by atoms with van der Waals surface area (Å²) >= 11 is 0. The number of hydrogen-bond acceptors (Lipinski definition) is 4. The van der Waals surface area contributed by atoms with Gasteiger partial charge in [-0.05, 0) is 49.4 Å². The maximum Gasteiger partial charge on any atom is 0.226 e. The molecule has 0 saturated carbocycles. The molecule has 0 unspecified atom stereocenters. The maximum atomic E-state index is 12.5. The highest BCUT2D eigenvalue weighted by molar-refractivity contribution is 5.85. The number of halogens is 1. The van der Waals surface area contributed by atoms with Gasteiger partial charge in [0.1, 0.15) is 5.75 Å². The number of piperidine rings is 1. The SMILES string of the molecule is CC(C)COc1ccc(CC(=O)N2CCC(OCCCN)CC2)cc1.Cl. The number of amides is 1. The van der Waals surface area contributed by atoms with Gasteiger partial charge in [0, 0.05) is 19.7 Å². The molecule has 26 heavy (non-hydrogen) atoms. The zero-order chi connectivity index (χ0) is 18.1. The minimum Gasteiger partial charge on any atom is -0.493 e. The lowest BCUT2D eigenvalue weighted by Gasteiger charge is -2.32. The number of ether oxygens (including phenoxy) is 2. The first kappa shape index (κ1) is 22.7. The molecule has 5 nitrogen and oxygen atoms in total. The number of benzene rings is 1. The van der Waals surface area contributed by atoms with E-state index in [0.29, 0.717) is 25.5 Å². The average molecular weight is 385 g/mol. The fourth-order valence-corrected chi connectivity index (χ4v) is 2.86. The first-order valence-corrected chi connectivity index (χ1v) is 9.39. The summed E-state index contributed by atoms with van der Waals surface area (Å²) < 4.78 is 11.5. The van der Waals surface area contributed by atoms with E-state index in [4.69, 9.17) is 15.2 Å². The van der Waals surface area contributed by atoms with Crippen molar-refractivity contribution in [3.63, 3.8) is 0 Å². The molecule has 6 heteroatoms. The lowest BCUT2D eigenvalue weighted by molar-refractivity contribution is -0.133. The van der Waals surface area contributed by atoms with E-state index in [1.807, 2.05) is 29.2 Å². The monoisotopic (exact) mass is 384 g/mol. The van der Waals surface area contributed by atoms with Gasteiger partial charge in [-0.15, -0.1) is 12.4 Å². The molecule has 1 amide bonds. The van der Waals surface area contributed by atoms with Gasteiger partial charge in [0.2, 0.25) is 5.91 Å². The van der Waals surface area contributed by atoms with Crippen LogP contribution in [0.15, 0.2) is 24.3 Å². The number of hydrogen-bond donors (Lipinski definition) is 1. The smallest absolute Gasteiger partial charge is 0.226 e. The van der Waals surface area contributed by atoms with Crippen LogP contribution in [0.1, 0.15) is 38.7 Å². The van der Waals surface area contributed by atoms with Crippen molar-refractivity contribution in [2.24, 2.45) is 11.7 Å². The molecular weight excluding hydrogens is 352 g/mol. The number of likely N-dealkylation sites (tertiary alicyclic amines) is 1. The predicted molar refractivity (Wildman–Crippen MR) is 107 cm³/mol. The van der Waals surface area contributed by atoms with Gasteiger partial charge >= 0.3 is 0 Å². The predicted octanol–water partition coefficient (Wildman–Crippen LogP) is 3.04. The van der Waals surface area contributed by atoms with Gasteiger partial charge in [-0.2, -0.15) is 0 Å². The average Bonchev–Trinajstić information content (AvgIpc) is 2.62. The van der Waals surface area contributed by atoms with Gasteiger partial charge in [0.05, 0.1) is 19.1 Å². The molecule has 1 saturated heterocycles. The highest BCUT2D eigenvalue weighted by Gasteiger charge is 2.23. The van der Waals surface area contributed by atoms with E-state index in [1.165, 1.54) is 0 Å². The fraction of sp³-hybridized carbons (Fsp3) is 0.650. The molecule has 0 spiro atoms. The third-order valence-corrected chi connectivity index (χ3v) is 4.36. The molecule has 0 atom stereocenters. The third kappa shape index (κ3) is 7.94. The first-order valence-electron chi connectivity index (χ1n) is 9.39. The Morgan fingerprint density at radius 1 is 1.23 bits per heavy atom. The van der Waals surface area contributed by atoms with Crippen molar-refractivity contribution in [1.82, 2.24) is 4.90 Å². The number of carbonyl (C=O) groups excluding carboxylic acids is 1. The molecular formula is C20H33ClN2O3. The zero-order valence-corrected chi connectivity index (χ0v) is 16.8. The van der Waals surface area contributed by atoms with Crippen molar-refractivity contribution in [2.45, 2.75) is 45.6 Å². The van der Waals surface area contributed by atoms with E-state index in [9.17, 15) is 4.79 Å². The lowest BCUT2D eigenvalue weighted by Crippen LogP contribution is -2.41. The molecule has 1 aliphatic rings. The van der Waals surface area contributed by atoms with Crippen LogP contribution in [0.25, 0.3) is 0 Å². The summed E-state index contributed by atoms with van der Waals surface area (Å²) in [7, 11) is 0. The largest absolute Gasteiger partial charge is 0.493 e. The normalized spacial score (nSPS) is 15.0. The topological polar surface area (TPSA) is 64.8 Å². The summed E-state index contributed by atoms with van der Waals surface area (Å²) in [6.45, 7) is 7.90. The van der Waals surface area contributed by atoms with Crippen LogP contribution >= 0.6 is 12.4 Å². The summed E-state index contributed by atoms with van der Waals surface area (Å²) in [5, 5.41) is 0. The second-order valence-corrected chi connectivity index (χ2v) is 7.12. The minimum absolute atomic E-state index is 0. The van der Waals surface area contributed by atoms with Gasteiger partial charge in [-0.1, -0.05) is 26.0 Å². The van der Waals surface area contributed by atoms with Crippen molar-refractivity contribution >= 4 is 18.3 Å². The van der Waals surface area contributed by atoms with Crippen LogP contribution in [0.4, 0.5) is 0 Å². The molecule has 1 aromatic rings. The minimum atomic E-state index is 0. The van der Waals surface area contributed by atoms with Gasteiger partial charge in [-0.3, -0.25) is 4.79 Å². The molecule has 0 aromatic heterocycles. The van der Waals surface area contributed by atoms with Crippen LogP contribution < -0.4 is 10.5 Å². The van der Waals surface area contributed by atoms with E-state index in [0.717, 1.165) is 50.3 Å². The Labute approximate surface area is 163 Å². The van der Waals surface area contributed by atoms with Crippen LogP contribution in [0.3, 0.4) is 0 Å². The molecule has 0 radical (unpaired) electrons. The maximum absolute atomic E-state index is 12.5. The Morgan fingerprint density at radius 2 is 1.88 bits per heavy atom. The second kappa shape index (κ2) is 12.2. The molecule has 1 aliphatic heterocycles. The van der Waals surface area contributed by atoms with Crippen molar-refractivity contribution in [2.75, 3.05) is 32.8 Å². The Kier molecular flexibility index (Phi) is 10.6. The van der Waals surface area contributed by atoms with E-state index in [1.54, 1.807) is 0 Å². The highest BCUT2D eigenvalue weighted by Crippen LogP contribution is 2.17. The van der Waals surface area contributed by atoms with Crippen molar-refractivity contribution in [1.29, 1.82) is 0 Å². The second-order valence-electron chi connectivity index (χ2n) is 7.12. The quantitative estimate of drug-likeness (QED) is 0.664. The van der Waals surface area contributed by atoms with Gasteiger partial charge in [0.15, 0.2) is 0 Å². The molecule has 0 bridgehead atoms. The van der Waals surface area contributed by atoms with Crippen molar-refractivity contribution in [3.8, 4) is 5.75 Å². The van der Waals surface area contributed by atoms with Crippen LogP contribution in [0, 0.1) is 5.92 Å². The van der Waals surface area contributed by atoms with E-state index >= 15 is 0 Å². The van der Waals surface area contributed by atoms with Gasteiger partial charge in [0.25, 0.3) is 0 Å². The molecule has 2 N–H and O–H groups in total. The summed E-state index contributed by atoms with van der Waals surface area (Å²) in [5.41, 5.74) is 6.51. The van der Waals surface area contributed by atoms with Crippen LogP contribution in [0.5, 0.6) is 5.75 Å². The van der Waals surface area contributed by atoms with Gasteiger partial charge in [-0.25, -0.2) is 0 Å². The van der Waals surface area contributed by atoms with Crippen molar-refractivity contribution < 1.29 is 14.3 Å². The lowest BCUT2D eigenvalue weighted by atomic mass is 10.1. The van der Waals surface area contributed by atoms with E-state index in [-0.39, 0.29) is 24.4 Å². The third-order valence-electron chi connectivity index (χ3n) is 4.36. The van der Waals surface area contributed by atoms with Gasteiger partial charge < -0.3 is 20.1 Å². The molecule has 1 fully saturated rings. The van der Waals surface area contributed by atoms with Crippen LogP contribution in [-0.2, 0) is 16.0 Å². The number of nitrogens with zero attached hydrogens (tertiary/aromatic N) is 1.